The highest BCUT2D eigenvalue weighted by molar-refractivity contribution is 7.08. The molecule has 0 bridgehead atoms. The van der Waals surface area contributed by atoms with Crippen LogP contribution in [-0.2, 0) is 21.7 Å². The summed E-state index contributed by atoms with van der Waals surface area (Å²) in [5, 5.41) is 7.64. The smallest absolute Gasteiger partial charge is 0.0872 e. The molecule has 4 nitrogen and oxygen atoms in total. The van der Waals surface area contributed by atoms with Crippen LogP contribution in [0.2, 0.25) is 0 Å². The fourth-order valence-electron chi connectivity index (χ4n) is 2.14. The summed E-state index contributed by atoms with van der Waals surface area (Å²) in [4.78, 5) is 0. The van der Waals surface area contributed by atoms with Gasteiger partial charge in [0.05, 0.1) is 34.8 Å². The highest BCUT2D eigenvalue weighted by Gasteiger charge is 2.16. The van der Waals surface area contributed by atoms with Crippen LogP contribution in [0, 0.1) is 0 Å². The van der Waals surface area contributed by atoms with Crippen molar-refractivity contribution >= 4 is 46.1 Å². The molecule has 0 aliphatic heterocycles. The Morgan fingerprint density at radius 1 is 0.524 bits per heavy atom. The zero-order valence-electron chi connectivity index (χ0n) is 33.7. The first kappa shape index (κ1) is 36.7. The SMILES string of the molecule is CC.CC.CC.[2H]c1cscc1C(C)(C)C.[2H]c1csnc1C(C)(C)C.[2H]c1nscc1C(C)(C)C.[2H]c1nsnc1C(C)(C)C. The van der Waals surface area contributed by atoms with Crippen molar-refractivity contribution in [3.63, 3.8) is 0 Å². The first-order chi connectivity index (χ1) is 21.1. The Bertz CT molecular complexity index is 1100. The molecule has 4 aromatic rings. The molecule has 0 amide bonds. The topological polar surface area (TPSA) is 51.6 Å². The number of hydrogen-bond donors (Lipinski definition) is 0. The third kappa shape index (κ3) is 21.2. The zero-order valence-corrected chi connectivity index (χ0v) is 33.0. The molecule has 42 heavy (non-hydrogen) atoms. The summed E-state index contributed by atoms with van der Waals surface area (Å²) in [6.45, 7) is 37.0. The first-order valence-corrected chi connectivity index (χ1v) is 18.1. The Morgan fingerprint density at radius 3 is 1.24 bits per heavy atom. The monoisotopic (exact) mass is 658 g/mol. The summed E-state index contributed by atoms with van der Waals surface area (Å²) in [5.41, 5.74) is 4.08. The molecule has 0 atom stereocenters. The zero-order chi connectivity index (χ0) is 37.1. The van der Waals surface area contributed by atoms with Gasteiger partial charge in [-0.25, -0.2) is 4.37 Å². The molecule has 0 saturated carbocycles. The average molecular weight is 659 g/mol. The second-order valence-corrected chi connectivity index (χ2v) is 14.8. The van der Waals surface area contributed by atoms with Crippen LogP contribution in [0.25, 0.3) is 0 Å². The van der Waals surface area contributed by atoms with Crippen molar-refractivity contribution in [1.82, 2.24) is 17.5 Å². The molecule has 4 heterocycles. The van der Waals surface area contributed by atoms with Gasteiger partial charge in [0.1, 0.15) is 0 Å². The molecular formula is C34H62N4S4. The van der Waals surface area contributed by atoms with Gasteiger partial charge in [-0.15, -0.1) is 0 Å². The Morgan fingerprint density at radius 2 is 1.05 bits per heavy atom. The van der Waals surface area contributed by atoms with Crippen molar-refractivity contribution in [2.45, 2.75) is 146 Å². The van der Waals surface area contributed by atoms with Gasteiger partial charge >= 0.3 is 0 Å². The van der Waals surface area contributed by atoms with E-state index in [1.807, 2.05) is 73.1 Å². The lowest BCUT2D eigenvalue weighted by Crippen LogP contribution is -2.10. The van der Waals surface area contributed by atoms with Gasteiger partial charge in [-0.1, -0.05) is 125 Å². The Labute approximate surface area is 282 Å². The van der Waals surface area contributed by atoms with Crippen LogP contribution in [0.3, 0.4) is 0 Å². The Hall–Kier alpha value is -1.48. The number of hydrogen-bond acceptors (Lipinski definition) is 8. The van der Waals surface area contributed by atoms with E-state index < -0.39 is 0 Å². The van der Waals surface area contributed by atoms with E-state index in [0.29, 0.717) is 24.4 Å². The van der Waals surface area contributed by atoms with Gasteiger partial charge in [-0.05, 0) is 67.9 Å². The third-order valence-corrected chi connectivity index (χ3v) is 6.72. The molecule has 242 valence electrons. The number of thiophene rings is 1. The number of aromatic nitrogens is 4. The van der Waals surface area contributed by atoms with Crippen LogP contribution in [0.1, 0.15) is 153 Å². The largest absolute Gasteiger partial charge is 0.201 e. The quantitative estimate of drug-likeness (QED) is 0.189. The van der Waals surface area contributed by atoms with E-state index >= 15 is 0 Å². The van der Waals surface area contributed by atoms with E-state index in [1.54, 1.807) is 16.7 Å². The van der Waals surface area contributed by atoms with Gasteiger partial charge in [-0.2, -0.15) is 24.5 Å². The molecule has 0 fully saturated rings. The second kappa shape index (κ2) is 23.0. The standard InChI is InChI=1S/C8H12S.2C7H11NS.C6H10N2S.3C2H6/c1-8(2,3)7-4-5-9-6-7;1-7(2,3)6-4-8-9-5-6;1-7(2,3)6-4-5-9-8-6;1-6(2,3)5-4-7-9-8-5;3*1-2/h4-6H,1-3H3;2*4-5H,1-3H3;4H,1-3H3;3*1-2H3/i4*4D;;;. The van der Waals surface area contributed by atoms with Crippen molar-refractivity contribution < 1.29 is 5.48 Å². The highest BCUT2D eigenvalue weighted by atomic mass is 32.1. The van der Waals surface area contributed by atoms with Gasteiger partial charge in [-0.3, -0.25) is 0 Å². The van der Waals surface area contributed by atoms with Gasteiger partial charge < -0.3 is 0 Å². The highest BCUT2D eigenvalue weighted by Crippen LogP contribution is 2.24. The number of nitrogens with zero attached hydrogens (tertiary/aromatic N) is 4. The molecule has 0 spiro atoms. The fourth-order valence-corrected chi connectivity index (χ4v) is 4.89. The Kier molecular flexibility index (Phi) is 20.1. The lowest BCUT2D eigenvalue weighted by molar-refractivity contribution is 0.574. The van der Waals surface area contributed by atoms with E-state index in [1.165, 1.54) is 23.1 Å². The van der Waals surface area contributed by atoms with Crippen LogP contribution in [-0.4, -0.2) is 17.5 Å². The van der Waals surface area contributed by atoms with E-state index in [-0.39, 0.29) is 21.7 Å². The van der Waals surface area contributed by atoms with Crippen LogP contribution >= 0.6 is 46.1 Å². The third-order valence-electron chi connectivity index (χ3n) is 4.61. The minimum absolute atomic E-state index is 0.0249. The molecule has 0 unspecified atom stereocenters. The van der Waals surface area contributed by atoms with Crippen molar-refractivity contribution in [1.29, 1.82) is 0 Å². The lowest BCUT2D eigenvalue weighted by Gasteiger charge is -2.15. The number of rotatable bonds is 0. The molecule has 0 aromatic carbocycles. The van der Waals surface area contributed by atoms with Gasteiger partial charge in [0.25, 0.3) is 0 Å². The maximum Gasteiger partial charge on any atom is 0.0872 e. The maximum absolute atomic E-state index is 7.52. The van der Waals surface area contributed by atoms with Gasteiger partial charge in [0.2, 0.25) is 0 Å². The fraction of sp³-hybridized carbons (Fsp3) is 0.647. The van der Waals surface area contributed by atoms with E-state index in [0.717, 1.165) is 34.2 Å². The molecule has 8 heteroatoms. The molecule has 0 radical (unpaired) electrons. The Balaban J connectivity index is -0.000000507. The summed E-state index contributed by atoms with van der Waals surface area (Å²) in [7, 11) is 0. The van der Waals surface area contributed by atoms with E-state index in [9.17, 15) is 0 Å². The first-order valence-electron chi connectivity index (χ1n) is 16.7. The molecule has 0 saturated heterocycles. The summed E-state index contributed by atoms with van der Waals surface area (Å²) in [6, 6.07) is 1.25. The van der Waals surface area contributed by atoms with Crippen LogP contribution in [0.15, 0.2) is 46.0 Å². The molecule has 0 aliphatic carbocycles. The van der Waals surface area contributed by atoms with Gasteiger partial charge in [0, 0.05) is 27.8 Å². The van der Waals surface area contributed by atoms with Crippen molar-refractivity contribution in [3.8, 4) is 0 Å². The van der Waals surface area contributed by atoms with Crippen LogP contribution in [0.4, 0.5) is 0 Å². The van der Waals surface area contributed by atoms with Crippen molar-refractivity contribution in [2.75, 3.05) is 0 Å². The van der Waals surface area contributed by atoms with Crippen LogP contribution < -0.4 is 0 Å². The summed E-state index contributed by atoms with van der Waals surface area (Å²) in [5.74, 6) is 0. The predicted octanol–water partition coefficient (Wildman–Crippen LogP) is 12.8. The van der Waals surface area contributed by atoms with Crippen molar-refractivity contribution in [3.05, 3.63) is 68.5 Å². The molecule has 0 N–H and O–H groups in total. The maximum atomic E-state index is 7.52. The summed E-state index contributed by atoms with van der Waals surface area (Å²) < 4.78 is 45.6. The molecule has 4 rings (SSSR count). The van der Waals surface area contributed by atoms with Crippen LogP contribution in [0.5, 0.6) is 0 Å². The minimum atomic E-state index is -0.0376. The molecule has 4 aromatic heterocycles. The normalized spacial score (nSPS) is 12.0. The summed E-state index contributed by atoms with van der Waals surface area (Å²) in [6.07, 6.45) is 0.745. The average Bonchev–Trinajstić information content (AvgIpc) is 3.76. The molecular weight excluding hydrogens is 593 g/mol. The van der Waals surface area contributed by atoms with E-state index in [2.05, 4.69) is 85.2 Å². The lowest BCUT2D eigenvalue weighted by atomic mass is 9.90. The van der Waals surface area contributed by atoms with Gasteiger partial charge in [0.15, 0.2) is 0 Å². The molecule has 0 aliphatic rings. The van der Waals surface area contributed by atoms with E-state index in [4.69, 9.17) is 5.48 Å². The van der Waals surface area contributed by atoms with Crippen molar-refractivity contribution in [2.24, 2.45) is 0 Å². The second-order valence-electron chi connectivity index (χ2n) is 12.3. The predicted molar refractivity (Wildman–Crippen MR) is 197 cm³/mol. The minimum Gasteiger partial charge on any atom is -0.201 e. The summed E-state index contributed by atoms with van der Waals surface area (Å²) >= 11 is 5.42.